The average molecular weight is 566 g/mol. The maximum atomic E-state index is 14.0. The zero-order valence-corrected chi connectivity index (χ0v) is 22.8. The van der Waals surface area contributed by atoms with E-state index in [0.29, 0.717) is 0 Å². The summed E-state index contributed by atoms with van der Waals surface area (Å²) in [4.78, 5) is 38.8. The molecule has 5 rings (SSSR count). The Kier molecular flexibility index (Phi) is 7.11. The summed E-state index contributed by atoms with van der Waals surface area (Å²) in [5, 5.41) is 14.0. The van der Waals surface area contributed by atoms with Crippen LogP contribution in [-0.2, 0) is 28.1 Å². The molecule has 1 aliphatic carbocycles. The number of H-pyrrole nitrogens is 1. The first-order valence-corrected chi connectivity index (χ1v) is 14.2. The predicted octanol–water partition coefficient (Wildman–Crippen LogP) is 1.48. The van der Waals surface area contributed by atoms with E-state index in [1.807, 2.05) is 0 Å². The van der Waals surface area contributed by atoms with Gasteiger partial charge in [0.25, 0.3) is 5.56 Å². The van der Waals surface area contributed by atoms with E-state index in [1.165, 1.54) is 23.8 Å². The normalized spacial score (nSPS) is 33.2. The Morgan fingerprint density at radius 2 is 1.97 bits per heavy atom. The standard InChI is InChI=1S/C25H32N3O10P/c1-14(2)35-22(30)15(3)27-39(33,38-17-8-6-5-7-9-17)34-13-24-12-25(32)16(4)36-19(20(24)25)21(37-24)28-11-10-18(29)26-23(28)31/h5-11,14-16,19-21,32H,12-13H2,1-4H3,(H,27,33)(H,26,29,31)/t15-,16+,19?,20?,21+,24+,25?,39-/m0/s1. The number of para-hydroxylation sites is 1. The highest BCUT2D eigenvalue weighted by Crippen LogP contribution is 2.66. The van der Waals surface area contributed by atoms with E-state index in [2.05, 4.69) is 10.1 Å². The van der Waals surface area contributed by atoms with Crippen LogP contribution in [0.5, 0.6) is 5.75 Å². The van der Waals surface area contributed by atoms with Crippen molar-refractivity contribution in [3.05, 3.63) is 63.4 Å². The Labute approximate surface area is 224 Å². The molecule has 0 amide bonds. The molecule has 3 unspecified atom stereocenters. The molecule has 1 aromatic carbocycles. The second-order valence-electron chi connectivity index (χ2n) is 10.5. The molecular formula is C25H32N3O10P. The van der Waals surface area contributed by atoms with Gasteiger partial charge >= 0.3 is 19.4 Å². The van der Waals surface area contributed by atoms with Gasteiger partial charge in [0.1, 0.15) is 29.1 Å². The third-order valence-corrected chi connectivity index (χ3v) is 8.97. The molecule has 13 nitrogen and oxygen atoms in total. The summed E-state index contributed by atoms with van der Waals surface area (Å²) in [5.41, 5.74) is -3.72. The third-order valence-electron chi connectivity index (χ3n) is 7.35. The Balaban J connectivity index is 1.41. The summed E-state index contributed by atoms with van der Waals surface area (Å²) in [6, 6.07) is 8.45. The number of carbonyl (C=O) groups excluding carboxylic acids is 1. The third kappa shape index (κ3) is 4.99. The number of rotatable bonds is 10. The number of carbonyl (C=O) groups is 1. The Bertz CT molecular complexity index is 1400. The fourth-order valence-corrected chi connectivity index (χ4v) is 7.18. The molecule has 2 saturated heterocycles. The fraction of sp³-hybridized carbons (Fsp3) is 0.560. The van der Waals surface area contributed by atoms with Crippen molar-refractivity contribution in [3.63, 3.8) is 0 Å². The summed E-state index contributed by atoms with van der Waals surface area (Å²) in [5.74, 6) is -1.03. The van der Waals surface area contributed by atoms with Gasteiger partial charge in [-0.25, -0.2) is 9.36 Å². The van der Waals surface area contributed by atoms with Crippen LogP contribution in [0.1, 0.15) is 40.3 Å². The summed E-state index contributed by atoms with van der Waals surface area (Å²) in [6.45, 7) is 6.27. The number of hydrogen-bond acceptors (Lipinski definition) is 10. The lowest BCUT2D eigenvalue weighted by Gasteiger charge is -2.53. The van der Waals surface area contributed by atoms with Gasteiger partial charge in [-0.2, -0.15) is 5.09 Å². The number of nitrogens with zero attached hydrogens (tertiary/aromatic N) is 1. The maximum absolute atomic E-state index is 14.0. The highest BCUT2D eigenvalue weighted by atomic mass is 31.2. The maximum Gasteiger partial charge on any atom is 0.459 e. The Morgan fingerprint density at radius 3 is 2.64 bits per heavy atom. The van der Waals surface area contributed by atoms with Gasteiger partial charge in [0.2, 0.25) is 0 Å². The Hall–Kier alpha value is -2.80. The minimum absolute atomic E-state index is 0.0766. The van der Waals surface area contributed by atoms with Crippen molar-refractivity contribution in [1.29, 1.82) is 0 Å². The number of aliphatic hydroxyl groups is 1. The molecule has 212 valence electrons. The van der Waals surface area contributed by atoms with Crippen LogP contribution in [0.25, 0.3) is 0 Å². The Morgan fingerprint density at radius 1 is 1.26 bits per heavy atom. The highest BCUT2D eigenvalue weighted by Gasteiger charge is 2.79. The van der Waals surface area contributed by atoms with Crippen molar-refractivity contribution in [2.24, 2.45) is 5.92 Å². The quantitative estimate of drug-likeness (QED) is 0.282. The van der Waals surface area contributed by atoms with Crippen molar-refractivity contribution in [1.82, 2.24) is 14.6 Å². The zero-order chi connectivity index (χ0) is 28.2. The van der Waals surface area contributed by atoms with Crippen molar-refractivity contribution in [2.45, 2.75) is 75.9 Å². The molecule has 39 heavy (non-hydrogen) atoms. The monoisotopic (exact) mass is 565 g/mol. The zero-order valence-electron chi connectivity index (χ0n) is 21.9. The molecule has 3 heterocycles. The number of hydrogen-bond donors (Lipinski definition) is 3. The van der Waals surface area contributed by atoms with Crippen LogP contribution in [0, 0.1) is 5.92 Å². The van der Waals surface area contributed by atoms with E-state index in [9.17, 15) is 24.1 Å². The summed E-state index contributed by atoms with van der Waals surface area (Å²) in [7, 11) is -4.22. The molecule has 3 aliphatic rings. The molecule has 0 bridgehead atoms. The smallest absolute Gasteiger partial charge is 0.459 e. The molecule has 1 aromatic heterocycles. The van der Waals surface area contributed by atoms with Gasteiger partial charge < -0.3 is 23.8 Å². The van der Waals surface area contributed by atoms with Gasteiger partial charge in [0.05, 0.1) is 24.7 Å². The van der Waals surface area contributed by atoms with E-state index >= 15 is 0 Å². The lowest BCUT2D eigenvalue weighted by Crippen LogP contribution is -2.68. The van der Waals surface area contributed by atoms with E-state index < -0.39 is 66.6 Å². The van der Waals surface area contributed by atoms with Crippen LogP contribution >= 0.6 is 7.75 Å². The highest BCUT2D eigenvalue weighted by molar-refractivity contribution is 7.52. The van der Waals surface area contributed by atoms with Crippen LogP contribution in [0.15, 0.2) is 52.2 Å². The number of aromatic nitrogens is 2. The van der Waals surface area contributed by atoms with Crippen LogP contribution < -0.4 is 20.9 Å². The fourth-order valence-electron chi connectivity index (χ4n) is 5.64. The molecule has 0 radical (unpaired) electrons. The second-order valence-corrected chi connectivity index (χ2v) is 12.2. The molecule has 14 heteroatoms. The molecule has 2 aliphatic heterocycles. The van der Waals surface area contributed by atoms with Gasteiger partial charge in [-0.15, -0.1) is 0 Å². The van der Waals surface area contributed by atoms with Crippen molar-refractivity contribution in [2.75, 3.05) is 6.61 Å². The predicted molar refractivity (Wildman–Crippen MR) is 136 cm³/mol. The van der Waals surface area contributed by atoms with Gasteiger partial charge in [0, 0.05) is 18.7 Å². The van der Waals surface area contributed by atoms with Gasteiger partial charge in [-0.05, 0) is 39.8 Å². The number of aromatic amines is 1. The second kappa shape index (κ2) is 9.99. The average Bonchev–Trinajstić information content (AvgIpc) is 3.23. The molecule has 3 fully saturated rings. The minimum atomic E-state index is -4.22. The lowest BCUT2D eigenvalue weighted by atomic mass is 9.57. The molecule has 0 spiro atoms. The first-order valence-electron chi connectivity index (χ1n) is 12.7. The van der Waals surface area contributed by atoms with Gasteiger partial charge in [-0.1, -0.05) is 18.2 Å². The SMILES string of the molecule is CC(C)OC(=O)[C@H](C)N[P@](=O)(OC[C@]12CC3(O)C1C(O[C@@H]3C)[C@H](n1ccc(=O)[nH]c1=O)O2)Oc1ccccc1. The summed E-state index contributed by atoms with van der Waals surface area (Å²) in [6.07, 6.45) is -1.30. The summed E-state index contributed by atoms with van der Waals surface area (Å²) < 4.78 is 44.3. The largest absolute Gasteiger partial charge is 0.462 e. The number of benzene rings is 1. The van der Waals surface area contributed by atoms with Gasteiger partial charge in [0.15, 0.2) is 6.23 Å². The van der Waals surface area contributed by atoms with Crippen LogP contribution in [0.4, 0.5) is 0 Å². The number of nitrogens with one attached hydrogen (secondary N) is 2. The summed E-state index contributed by atoms with van der Waals surface area (Å²) >= 11 is 0. The molecule has 2 aromatic rings. The first-order chi connectivity index (χ1) is 18.4. The first kappa shape index (κ1) is 27.8. The molecule has 8 atom stereocenters. The molecule has 3 N–H and O–H groups in total. The van der Waals surface area contributed by atoms with E-state index in [-0.39, 0.29) is 24.9 Å². The van der Waals surface area contributed by atoms with Crippen LogP contribution in [0.3, 0.4) is 0 Å². The van der Waals surface area contributed by atoms with E-state index in [4.69, 9.17) is 23.3 Å². The molecular weight excluding hydrogens is 533 g/mol. The van der Waals surface area contributed by atoms with E-state index in [1.54, 1.807) is 51.1 Å². The minimum Gasteiger partial charge on any atom is -0.462 e. The molecule has 1 saturated carbocycles. The van der Waals surface area contributed by atoms with Crippen LogP contribution in [-0.4, -0.2) is 62.8 Å². The van der Waals surface area contributed by atoms with Crippen molar-refractivity contribution in [3.8, 4) is 5.75 Å². The lowest BCUT2D eigenvalue weighted by molar-refractivity contribution is -0.255. The van der Waals surface area contributed by atoms with Crippen molar-refractivity contribution >= 4 is 13.7 Å². The van der Waals surface area contributed by atoms with Crippen LogP contribution in [0.2, 0.25) is 0 Å². The van der Waals surface area contributed by atoms with Gasteiger partial charge in [-0.3, -0.25) is 23.7 Å². The van der Waals surface area contributed by atoms with Crippen molar-refractivity contribution < 1.29 is 37.7 Å². The topological polar surface area (TPSA) is 167 Å². The number of ether oxygens (including phenoxy) is 3. The number of esters is 1. The van der Waals surface area contributed by atoms with E-state index in [0.717, 1.165) is 0 Å².